The van der Waals surface area contributed by atoms with Crippen LogP contribution in [0.3, 0.4) is 0 Å². The third-order valence-corrected chi connectivity index (χ3v) is 8.46. The molecule has 1 aliphatic heterocycles. The summed E-state index contributed by atoms with van der Waals surface area (Å²) in [5, 5.41) is 6.22. The van der Waals surface area contributed by atoms with Gasteiger partial charge in [-0.3, -0.25) is 4.90 Å². The molecule has 2 aliphatic rings. The standard InChI is InChI=1S/C23H27Cl2N3O2S2/c1-14-6-7-15-19(12-14)32-21(20(15)22(29)30-2)26-23(31)28-10-8-27(9-11-28)13-16-17(24)4-3-5-18(16)25/h3-5,14H,6-13H2,1-2H3,(H,26,31). The topological polar surface area (TPSA) is 44.8 Å². The summed E-state index contributed by atoms with van der Waals surface area (Å²) in [6.45, 7) is 6.27. The molecular formula is C23H27Cl2N3O2S2. The van der Waals surface area contributed by atoms with Crippen LogP contribution in [0.25, 0.3) is 0 Å². The molecule has 1 aromatic carbocycles. The predicted molar refractivity (Wildman–Crippen MR) is 136 cm³/mol. The van der Waals surface area contributed by atoms with Crippen molar-refractivity contribution in [1.82, 2.24) is 9.80 Å². The maximum atomic E-state index is 12.5. The molecule has 0 bridgehead atoms. The summed E-state index contributed by atoms with van der Waals surface area (Å²) < 4.78 is 5.09. The van der Waals surface area contributed by atoms with Gasteiger partial charge in [0, 0.05) is 53.2 Å². The Morgan fingerprint density at radius 1 is 1.25 bits per heavy atom. The second-order valence-electron chi connectivity index (χ2n) is 8.44. The Morgan fingerprint density at radius 3 is 2.59 bits per heavy atom. The van der Waals surface area contributed by atoms with Crippen molar-refractivity contribution < 1.29 is 9.53 Å². The van der Waals surface area contributed by atoms with Crippen LogP contribution in [0, 0.1) is 5.92 Å². The van der Waals surface area contributed by atoms with E-state index in [1.165, 1.54) is 12.0 Å². The monoisotopic (exact) mass is 511 g/mol. The molecular weight excluding hydrogens is 485 g/mol. The van der Waals surface area contributed by atoms with E-state index in [9.17, 15) is 4.79 Å². The zero-order valence-corrected chi connectivity index (χ0v) is 21.4. The lowest BCUT2D eigenvalue weighted by Crippen LogP contribution is -2.49. The number of esters is 1. The number of nitrogens with zero attached hydrogens (tertiary/aromatic N) is 2. The van der Waals surface area contributed by atoms with Gasteiger partial charge in [0.15, 0.2) is 5.11 Å². The van der Waals surface area contributed by atoms with Gasteiger partial charge in [-0.25, -0.2) is 4.79 Å². The number of piperazine rings is 1. The number of nitrogens with one attached hydrogen (secondary N) is 1. The minimum absolute atomic E-state index is 0.288. The highest BCUT2D eigenvalue weighted by molar-refractivity contribution is 7.80. The van der Waals surface area contributed by atoms with Crippen molar-refractivity contribution in [3.8, 4) is 0 Å². The van der Waals surface area contributed by atoms with Gasteiger partial charge >= 0.3 is 5.97 Å². The summed E-state index contributed by atoms with van der Waals surface area (Å²) in [5.41, 5.74) is 2.76. The number of hydrogen-bond acceptors (Lipinski definition) is 5. The molecule has 1 saturated heterocycles. The fourth-order valence-corrected chi connectivity index (χ4v) is 6.61. The third kappa shape index (κ3) is 5.07. The van der Waals surface area contributed by atoms with E-state index in [0.29, 0.717) is 26.6 Å². The molecule has 0 saturated carbocycles. The largest absolute Gasteiger partial charge is 0.465 e. The second-order valence-corrected chi connectivity index (χ2v) is 10.7. The molecule has 0 spiro atoms. The van der Waals surface area contributed by atoms with Crippen molar-refractivity contribution in [2.24, 2.45) is 5.92 Å². The number of fused-ring (bicyclic) bond motifs is 1. The Labute approximate surface area is 208 Å². The Balaban J connectivity index is 1.41. The summed E-state index contributed by atoms with van der Waals surface area (Å²) in [6.07, 6.45) is 3.01. The number of thiocarbonyl (C=S) groups is 1. The van der Waals surface area contributed by atoms with Crippen LogP contribution in [0.2, 0.25) is 10.0 Å². The highest BCUT2D eigenvalue weighted by Gasteiger charge is 2.29. The van der Waals surface area contributed by atoms with Crippen LogP contribution in [-0.4, -0.2) is 54.2 Å². The van der Waals surface area contributed by atoms with Crippen LogP contribution >= 0.6 is 46.8 Å². The van der Waals surface area contributed by atoms with Crippen molar-refractivity contribution >= 4 is 62.8 Å². The lowest BCUT2D eigenvalue weighted by atomic mass is 9.88. The quantitative estimate of drug-likeness (QED) is 0.433. The van der Waals surface area contributed by atoms with Crippen LogP contribution in [0.4, 0.5) is 5.00 Å². The van der Waals surface area contributed by atoms with Gasteiger partial charge in [0.25, 0.3) is 0 Å². The average molecular weight is 513 g/mol. The number of methoxy groups -OCH3 is 1. The van der Waals surface area contributed by atoms with Crippen molar-refractivity contribution in [2.75, 3.05) is 38.6 Å². The maximum Gasteiger partial charge on any atom is 0.341 e. The van der Waals surface area contributed by atoms with Crippen LogP contribution < -0.4 is 5.32 Å². The first kappa shape index (κ1) is 23.8. The van der Waals surface area contributed by atoms with Gasteiger partial charge in [0.1, 0.15) is 5.00 Å². The summed E-state index contributed by atoms with van der Waals surface area (Å²) in [4.78, 5) is 18.3. The molecule has 172 valence electrons. The zero-order chi connectivity index (χ0) is 22.8. The Kier molecular flexibility index (Phi) is 7.62. The van der Waals surface area contributed by atoms with Crippen LogP contribution in [0.5, 0.6) is 0 Å². The molecule has 1 aliphatic carbocycles. The summed E-state index contributed by atoms with van der Waals surface area (Å²) in [7, 11) is 1.43. The smallest absolute Gasteiger partial charge is 0.341 e. The van der Waals surface area contributed by atoms with Crippen LogP contribution in [0.15, 0.2) is 18.2 Å². The average Bonchev–Trinajstić information content (AvgIpc) is 3.13. The van der Waals surface area contributed by atoms with E-state index >= 15 is 0 Å². The number of ether oxygens (including phenoxy) is 1. The summed E-state index contributed by atoms with van der Waals surface area (Å²) in [6, 6.07) is 5.61. The lowest BCUT2D eigenvalue weighted by molar-refractivity contribution is 0.0601. The first-order valence-corrected chi connectivity index (χ1v) is 12.8. The molecule has 1 atom stereocenters. The molecule has 0 amide bonds. The number of carbonyl (C=O) groups excluding carboxylic acids is 1. The van der Waals surface area contributed by atoms with E-state index in [2.05, 4.69) is 22.0 Å². The van der Waals surface area contributed by atoms with Gasteiger partial charge in [-0.2, -0.15) is 0 Å². The van der Waals surface area contributed by atoms with Gasteiger partial charge in [0.2, 0.25) is 0 Å². The normalized spacial score (nSPS) is 18.9. The number of hydrogen-bond donors (Lipinski definition) is 1. The molecule has 1 N–H and O–H groups in total. The number of anilines is 1. The molecule has 9 heteroatoms. The Hall–Kier alpha value is -1.38. The second kappa shape index (κ2) is 10.3. The number of benzene rings is 1. The molecule has 2 aromatic rings. The molecule has 5 nitrogen and oxygen atoms in total. The highest BCUT2D eigenvalue weighted by atomic mass is 35.5. The van der Waals surface area contributed by atoms with Gasteiger partial charge in [-0.05, 0) is 55.1 Å². The molecule has 1 aromatic heterocycles. The van der Waals surface area contributed by atoms with Crippen molar-refractivity contribution in [3.05, 3.63) is 49.8 Å². The number of halogens is 2. The van der Waals surface area contributed by atoms with Gasteiger partial charge in [0.05, 0.1) is 12.7 Å². The molecule has 2 heterocycles. The van der Waals surface area contributed by atoms with E-state index < -0.39 is 0 Å². The molecule has 0 radical (unpaired) electrons. The van der Waals surface area contributed by atoms with E-state index in [1.54, 1.807) is 11.3 Å². The Morgan fingerprint density at radius 2 is 1.94 bits per heavy atom. The highest BCUT2D eigenvalue weighted by Crippen LogP contribution is 2.40. The molecule has 1 fully saturated rings. The molecule has 32 heavy (non-hydrogen) atoms. The third-order valence-electron chi connectivity index (χ3n) is 6.22. The molecule has 4 rings (SSSR count). The maximum absolute atomic E-state index is 12.5. The molecule has 1 unspecified atom stereocenters. The van der Waals surface area contributed by atoms with E-state index in [4.69, 9.17) is 40.2 Å². The van der Waals surface area contributed by atoms with Crippen LogP contribution in [-0.2, 0) is 24.1 Å². The fourth-order valence-electron chi connectivity index (χ4n) is 4.35. The first-order valence-electron chi connectivity index (χ1n) is 10.8. The predicted octanol–water partition coefficient (Wildman–Crippen LogP) is 5.48. The van der Waals surface area contributed by atoms with Gasteiger partial charge < -0.3 is 15.0 Å². The van der Waals surface area contributed by atoms with E-state index in [1.807, 2.05) is 18.2 Å². The number of thiophene rings is 1. The minimum atomic E-state index is -0.288. The first-order chi connectivity index (χ1) is 15.4. The number of carbonyl (C=O) groups is 1. The van der Waals surface area contributed by atoms with Gasteiger partial charge in [-0.15, -0.1) is 11.3 Å². The Bertz CT molecular complexity index is 999. The SMILES string of the molecule is COC(=O)c1c(NC(=S)N2CCN(Cc3c(Cl)cccc3Cl)CC2)sc2c1CCC(C)C2. The minimum Gasteiger partial charge on any atom is -0.465 e. The van der Waals surface area contributed by atoms with E-state index in [0.717, 1.165) is 68.1 Å². The van der Waals surface area contributed by atoms with Crippen molar-refractivity contribution in [1.29, 1.82) is 0 Å². The summed E-state index contributed by atoms with van der Waals surface area (Å²) >= 11 is 20.0. The summed E-state index contributed by atoms with van der Waals surface area (Å²) in [5.74, 6) is 0.343. The number of rotatable bonds is 4. The lowest BCUT2D eigenvalue weighted by Gasteiger charge is -2.36. The van der Waals surface area contributed by atoms with Gasteiger partial charge in [-0.1, -0.05) is 36.2 Å². The fraction of sp³-hybridized carbons (Fsp3) is 0.478. The van der Waals surface area contributed by atoms with Crippen molar-refractivity contribution in [2.45, 2.75) is 32.7 Å². The van der Waals surface area contributed by atoms with Crippen LogP contribution in [0.1, 0.15) is 39.7 Å². The zero-order valence-electron chi connectivity index (χ0n) is 18.2. The van der Waals surface area contributed by atoms with E-state index in [-0.39, 0.29) is 5.97 Å². The van der Waals surface area contributed by atoms with Crippen molar-refractivity contribution in [3.63, 3.8) is 0 Å².